The summed E-state index contributed by atoms with van der Waals surface area (Å²) in [6.45, 7) is 2.82. The summed E-state index contributed by atoms with van der Waals surface area (Å²) in [6, 6.07) is 1.50. The highest BCUT2D eigenvalue weighted by Gasteiger charge is 2.10. The Hall–Kier alpha value is -1.57. The zero-order valence-corrected chi connectivity index (χ0v) is 11.0. The van der Waals surface area contributed by atoms with Crippen LogP contribution in [-0.2, 0) is 16.2 Å². The van der Waals surface area contributed by atoms with E-state index in [-0.39, 0.29) is 18.9 Å². The monoisotopic (exact) mass is 269 g/mol. The Morgan fingerprint density at radius 2 is 2.37 bits per heavy atom. The van der Waals surface area contributed by atoms with Gasteiger partial charge in [0.25, 0.3) is 0 Å². The molecule has 0 bridgehead atoms. The van der Waals surface area contributed by atoms with Gasteiger partial charge in [-0.05, 0) is 12.5 Å². The number of esters is 1. The molecule has 0 saturated heterocycles. The smallest absolute Gasteiger partial charge is 0.357 e. The molecule has 0 unspecified atom stereocenters. The van der Waals surface area contributed by atoms with Crippen molar-refractivity contribution in [1.29, 1.82) is 0 Å². The van der Waals surface area contributed by atoms with Gasteiger partial charge in [-0.15, -0.1) is 0 Å². The predicted octanol–water partition coefficient (Wildman–Crippen LogP) is 0.447. The molecule has 0 fully saturated rings. The van der Waals surface area contributed by atoms with Crippen LogP contribution in [-0.4, -0.2) is 40.8 Å². The molecule has 0 aliphatic heterocycles. The van der Waals surface area contributed by atoms with Crippen molar-refractivity contribution in [3.63, 3.8) is 0 Å². The molecule has 0 saturated carbocycles. The van der Waals surface area contributed by atoms with Crippen LogP contribution >= 0.6 is 0 Å². The zero-order valence-electron chi connectivity index (χ0n) is 11.0. The van der Waals surface area contributed by atoms with Crippen LogP contribution in [0.3, 0.4) is 0 Å². The summed E-state index contributed by atoms with van der Waals surface area (Å²) in [5.74, 6) is -0.0872. The second-order valence-corrected chi connectivity index (χ2v) is 3.75. The van der Waals surface area contributed by atoms with Crippen molar-refractivity contribution < 1.29 is 19.5 Å². The van der Waals surface area contributed by atoms with Crippen LogP contribution in [0, 0.1) is 0 Å². The largest absolute Gasteiger partial charge is 0.461 e. The van der Waals surface area contributed by atoms with E-state index in [4.69, 9.17) is 14.7 Å². The molecule has 1 aromatic rings. The molecule has 0 radical (unpaired) electrons. The first-order valence-electron chi connectivity index (χ1n) is 6.22. The number of hydrogen-bond donors (Lipinski definition) is 2. The summed E-state index contributed by atoms with van der Waals surface area (Å²) >= 11 is 0. The van der Waals surface area contributed by atoms with Gasteiger partial charge in [0.1, 0.15) is 6.61 Å². The number of carbonyl (C=O) groups excluding carboxylic acids is 1. The first-order chi connectivity index (χ1) is 9.27. The molecule has 0 amide bonds. The molecule has 106 valence electrons. The second-order valence-electron chi connectivity index (χ2n) is 3.75. The van der Waals surface area contributed by atoms with E-state index in [0.29, 0.717) is 19.0 Å². The van der Waals surface area contributed by atoms with Crippen LogP contribution in [0.25, 0.3) is 0 Å². The van der Waals surface area contributed by atoms with Gasteiger partial charge in [0, 0.05) is 12.7 Å². The molecule has 1 aromatic heterocycles. The van der Waals surface area contributed by atoms with E-state index in [0.717, 1.165) is 12.8 Å². The minimum absolute atomic E-state index is 0.0232. The molecule has 0 aliphatic rings. The van der Waals surface area contributed by atoms with Gasteiger partial charge in [0.15, 0.2) is 11.5 Å². The molecule has 2 N–H and O–H groups in total. The van der Waals surface area contributed by atoms with Crippen LogP contribution in [0.4, 0.5) is 0 Å². The van der Waals surface area contributed by atoms with Crippen molar-refractivity contribution in [3.8, 4) is 0 Å². The zero-order chi connectivity index (χ0) is 13.9. The summed E-state index contributed by atoms with van der Waals surface area (Å²) in [6.07, 6.45) is 3.28. The minimum Gasteiger partial charge on any atom is -0.461 e. The highest BCUT2D eigenvalue weighted by molar-refractivity contribution is 5.87. The third kappa shape index (κ3) is 6.23. The van der Waals surface area contributed by atoms with Crippen LogP contribution < -0.4 is 5.48 Å². The quantitative estimate of drug-likeness (QED) is 0.382. The lowest BCUT2D eigenvalue weighted by molar-refractivity contribution is 0.0159. The highest BCUT2D eigenvalue weighted by atomic mass is 16.6. The molecule has 19 heavy (non-hydrogen) atoms. The standard InChI is InChI=1S/C12H19N3O4/c1-2-3-8-18-12(17)10-4-5-13-11(15-10)9-19-14-6-7-16/h4-5,14,16H,2-3,6-9H2,1H3. The number of unbranched alkanes of at least 4 members (excludes halogenated alkanes) is 1. The molecule has 1 rings (SSSR count). The number of hydroxylamine groups is 1. The van der Waals surface area contributed by atoms with E-state index in [1.165, 1.54) is 12.3 Å². The van der Waals surface area contributed by atoms with Crippen LogP contribution in [0.15, 0.2) is 12.3 Å². The number of hydrogen-bond acceptors (Lipinski definition) is 7. The molecule has 7 nitrogen and oxygen atoms in total. The SMILES string of the molecule is CCCCOC(=O)c1ccnc(CONCCO)n1. The number of nitrogens with zero attached hydrogens (tertiary/aromatic N) is 2. The maximum Gasteiger partial charge on any atom is 0.357 e. The average molecular weight is 269 g/mol. The van der Waals surface area contributed by atoms with Crippen molar-refractivity contribution in [2.75, 3.05) is 19.8 Å². The fourth-order valence-corrected chi connectivity index (χ4v) is 1.20. The van der Waals surface area contributed by atoms with Crippen molar-refractivity contribution in [2.45, 2.75) is 26.4 Å². The normalized spacial score (nSPS) is 10.4. The Bertz CT molecular complexity index is 387. The molecular formula is C12H19N3O4. The second kappa shape index (κ2) is 9.37. The predicted molar refractivity (Wildman–Crippen MR) is 67.1 cm³/mol. The van der Waals surface area contributed by atoms with Gasteiger partial charge in [0.2, 0.25) is 0 Å². The number of rotatable bonds is 9. The summed E-state index contributed by atoms with van der Waals surface area (Å²) in [5.41, 5.74) is 2.74. The van der Waals surface area contributed by atoms with Gasteiger partial charge in [0.05, 0.1) is 13.2 Å². The first-order valence-corrected chi connectivity index (χ1v) is 6.22. The Morgan fingerprint density at radius 1 is 1.53 bits per heavy atom. The van der Waals surface area contributed by atoms with E-state index >= 15 is 0 Å². The van der Waals surface area contributed by atoms with E-state index < -0.39 is 5.97 Å². The Morgan fingerprint density at radius 3 is 3.11 bits per heavy atom. The molecule has 0 atom stereocenters. The van der Waals surface area contributed by atoms with Gasteiger partial charge >= 0.3 is 5.97 Å². The van der Waals surface area contributed by atoms with Gasteiger partial charge < -0.3 is 9.84 Å². The lowest BCUT2D eigenvalue weighted by Gasteiger charge is -2.05. The van der Waals surface area contributed by atoms with Crippen LogP contribution in [0.5, 0.6) is 0 Å². The minimum atomic E-state index is -0.458. The summed E-state index contributed by atoms with van der Waals surface area (Å²) in [4.78, 5) is 24.7. The fraction of sp³-hybridized carbons (Fsp3) is 0.583. The molecule has 0 spiro atoms. The van der Waals surface area contributed by atoms with E-state index in [2.05, 4.69) is 15.4 Å². The Kier molecular flexibility index (Phi) is 7.64. The van der Waals surface area contributed by atoms with E-state index in [1.54, 1.807) is 0 Å². The van der Waals surface area contributed by atoms with Crippen molar-refractivity contribution in [3.05, 3.63) is 23.8 Å². The number of ether oxygens (including phenoxy) is 1. The van der Waals surface area contributed by atoms with Gasteiger partial charge in [-0.2, -0.15) is 5.48 Å². The topological polar surface area (TPSA) is 93.6 Å². The number of carbonyl (C=O) groups is 1. The molecule has 7 heteroatoms. The Balaban J connectivity index is 2.44. The summed E-state index contributed by atoms with van der Waals surface area (Å²) in [5, 5.41) is 8.55. The number of aliphatic hydroxyl groups excluding tert-OH is 1. The maximum atomic E-state index is 11.6. The maximum absolute atomic E-state index is 11.6. The fourth-order valence-electron chi connectivity index (χ4n) is 1.20. The van der Waals surface area contributed by atoms with Crippen molar-refractivity contribution in [2.24, 2.45) is 0 Å². The van der Waals surface area contributed by atoms with Crippen LogP contribution in [0.2, 0.25) is 0 Å². The van der Waals surface area contributed by atoms with Crippen molar-refractivity contribution in [1.82, 2.24) is 15.4 Å². The Labute approximate surface area is 111 Å². The van der Waals surface area contributed by atoms with E-state index in [1.807, 2.05) is 6.92 Å². The van der Waals surface area contributed by atoms with Gasteiger partial charge in [-0.25, -0.2) is 14.8 Å². The lowest BCUT2D eigenvalue weighted by atomic mass is 10.3. The van der Waals surface area contributed by atoms with Gasteiger partial charge in [-0.1, -0.05) is 13.3 Å². The first kappa shape index (κ1) is 15.5. The van der Waals surface area contributed by atoms with E-state index in [9.17, 15) is 4.79 Å². The van der Waals surface area contributed by atoms with Gasteiger partial charge in [-0.3, -0.25) is 4.84 Å². The number of nitrogens with one attached hydrogen (secondary N) is 1. The third-order valence-electron chi connectivity index (χ3n) is 2.16. The molecule has 0 aromatic carbocycles. The average Bonchev–Trinajstić information content (AvgIpc) is 2.44. The molecular weight excluding hydrogens is 250 g/mol. The molecule has 0 aliphatic carbocycles. The highest BCUT2D eigenvalue weighted by Crippen LogP contribution is 2.00. The van der Waals surface area contributed by atoms with Crippen molar-refractivity contribution >= 4 is 5.97 Å². The van der Waals surface area contributed by atoms with Crippen LogP contribution in [0.1, 0.15) is 36.1 Å². The number of aliphatic hydroxyl groups is 1. The summed E-state index contributed by atoms with van der Waals surface area (Å²) in [7, 11) is 0. The third-order valence-corrected chi connectivity index (χ3v) is 2.16. The number of aromatic nitrogens is 2. The lowest BCUT2D eigenvalue weighted by Crippen LogP contribution is -2.19. The molecule has 1 heterocycles. The summed E-state index contributed by atoms with van der Waals surface area (Å²) < 4.78 is 5.05.